The van der Waals surface area contributed by atoms with Crippen LogP contribution in [0.1, 0.15) is 54.5 Å². The summed E-state index contributed by atoms with van der Waals surface area (Å²) in [5, 5.41) is 3.96. The monoisotopic (exact) mass is 432 g/mol. The normalized spacial score (nSPS) is 13.1. The van der Waals surface area contributed by atoms with Gasteiger partial charge in [-0.15, -0.1) is 0 Å². The summed E-state index contributed by atoms with van der Waals surface area (Å²) in [4.78, 5) is 16.3. The first-order chi connectivity index (χ1) is 15.5. The van der Waals surface area contributed by atoms with Gasteiger partial charge in [0, 0.05) is 35.5 Å². The lowest BCUT2D eigenvalue weighted by molar-refractivity contribution is -0.121. The minimum atomic E-state index is -0.653. The zero-order valence-corrected chi connectivity index (χ0v) is 18.2. The van der Waals surface area contributed by atoms with E-state index in [9.17, 15) is 13.6 Å². The quantitative estimate of drug-likeness (QED) is 0.348. The van der Waals surface area contributed by atoms with Crippen LogP contribution in [0.4, 0.5) is 8.78 Å². The van der Waals surface area contributed by atoms with E-state index in [1.54, 1.807) is 0 Å². The van der Waals surface area contributed by atoms with Crippen LogP contribution in [0.15, 0.2) is 72.9 Å². The van der Waals surface area contributed by atoms with Crippen LogP contribution in [0.2, 0.25) is 0 Å². The molecule has 1 heterocycles. The van der Waals surface area contributed by atoms with Gasteiger partial charge in [-0.2, -0.15) is 0 Å². The average molecular weight is 433 g/mol. The minimum absolute atomic E-state index is 0.0447. The lowest BCUT2D eigenvalue weighted by atomic mass is 9.87. The first kappa shape index (κ1) is 21.8. The Morgan fingerprint density at radius 3 is 2.50 bits per heavy atom. The van der Waals surface area contributed by atoms with Crippen molar-refractivity contribution in [3.05, 3.63) is 107 Å². The highest BCUT2D eigenvalue weighted by Crippen LogP contribution is 2.36. The van der Waals surface area contributed by atoms with Crippen LogP contribution in [0, 0.1) is 11.6 Å². The number of amides is 1. The number of benzene rings is 3. The molecule has 3 nitrogen and oxygen atoms in total. The van der Waals surface area contributed by atoms with Crippen molar-refractivity contribution in [2.24, 2.45) is 0 Å². The van der Waals surface area contributed by atoms with Gasteiger partial charge in [-0.25, -0.2) is 8.78 Å². The fraction of sp³-hybridized carbons (Fsp3) is 0.222. The first-order valence-corrected chi connectivity index (χ1v) is 10.9. The molecule has 0 radical (unpaired) electrons. The molecular formula is C27H26F2N2O. The summed E-state index contributed by atoms with van der Waals surface area (Å²) < 4.78 is 28.4. The Morgan fingerprint density at radius 2 is 1.78 bits per heavy atom. The van der Waals surface area contributed by atoms with Crippen molar-refractivity contribution in [2.45, 2.75) is 38.6 Å². The van der Waals surface area contributed by atoms with E-state index in [1.165, 1.54) is 12.1 Å². The maximum Gasteiger partial charge on any atom is 0.221 e. The van der Waals surface area contributed by atoms with E-state index in [0.29, 0.717) is 5.56 Å². The van der Waals surface area contributed by atoms with Gasteiger partial charge in [0.1, 0.15) is 11.6 Å². The number of rotatable bonds is 7. The van der Waals surface area contributed by atoms with Gasteiger partial charge < -0.3 is 10.3 Å². The number of carbonyl (C=O) groups excluding carboxylic acids is 1. The first-order valence-electron chi connectivity index (χ1n) is 10.9. The molecule has 5 heteroatoms. The van der Waals surface area contributed by atoms with Crippen LogP contribution < -0.4 is 5.32 Å². The average Bonchev–Trinajstić information content (AvgIpc) is 3.22. The van der Waals surface area contributed by atoms with Crippen molar-refractivity contribution in [3.63, 3.8) is 0 Å². The van der Waals surface area contributed by atoms with E-state index < -0.39 is 17.6 Å². The predicted octanol–water partition coefficient (Wildman–Crippen LogP) is 6.41. The SMILES string of the molecule is CCc1cccc2c(C(CC(=O)NC(C)c3ccccc3)c3ccc(F)cc3F)c[nH]c12. The Bertz CT molecular complexity index is 1230. The Morgan fingerprint density at radius 1 is 1.00 bits per heavy atom. The summed E-state index contributed by atoms with van der Waals surface area (Å²) in [5.41, 5.74) is 4.25. The third-order valence-corrected chi connectivity index (χ3v) is 5.99. The van der Waals surface area contributed by atoms with E-state index in [0.717, 1.165) is 40.1 Å². The van der Waals surface area contributed by atoms with Crippen molar-refractivity contribution >= 4 is 16.8 Å². The third kappa shape index (κ3) is 4.42. The molecule has 0 saturated heterocycles. The second kappa shape index (κ2) is 9.35. The van der Waals surface area contributed by atoms with Crippen molar-refractivity contribution in [3.8, 4) is 0 Å². The number of para-hydroxylation sites is 1. The number of hydrogen-bond donors (Lipinski definition) is 2. The number of nitrogens with one attached hydrogen (secondary N) is 2. The second-order valence-electron chi connectivity index (χ2n) is 8.06. The minimum Gasteiger partial charge on any atom is -0.361 e. The van der Waals surface area contributed by atoms with Crippen molar-refractivity contribution in [1.29, 1.82) is 0 Å². The van der Waals surface area contributed by atoms with E-state index in [2.05, 4.69) is 17.2 Å². The molecule has 0 fully saturated rings. The maximum absolute atomic E-state index is 14.8. The van der Waals surface area contributed by atoms with Crippen LogP contribution >= 0.6 is 0 Å². The predicted molar refractivity (Wildman–Crippen MR) is 123 cm³/mol. The number of H-pyrrole nitrogens is 1. The van der Waals surface area contributed by atoms with Crippen molar-refractivity contribution in [1.82, 2.24) is 10.3 Å². The summed E-state index contributed by atoms with van der Waals surface area (Å²) in [6.07, 6.45) is 2.73. The van der Waals surface area contributed by atoms with Crippen LogP contribution in [0.3, 0.4) is 0 Å². The van der Waals surface area contributed by atoms with E-state index >= 15 is 0 Å². The summed E-state index contributed by atoms with van der Waals surface area (Å²) in [7, 11) is 0. The molecule has 0 aliphatic heterocycles. The van der Waals surface area contributed by atoms with Crippen LogP contribution in [0.25, 0.3) is 10.9 Å². The number of aromatic nitrogens is 1. The molecule has 4 aromatic rings. The summed E-state index contributed by atoms with van der Waals surface area (Å²) in [6.45, 7) is 3.99. The Hall–Kier alpha value is -3.47. The number of carbonyl (C=O) groups is 1. The van der Waals surface area contributed by atoms with Gasteiger partial charge in [0.15, 0.2) is 0 Å². The zero-order chi connectivity index (χ0) is 22.7. The van der Waals surface area contributed by atoms with Gasteiger partial charge in [0.05, 0.1) is 6.04 Å². The zero-order valence-electron chi connectivity index (χ0n) is 18.2. The molecular weight excluding hydrogens is 406 g/mol. The molecule has 0 bridgehead atoms. The Labute approximate surface area is 186 Å². The third-order valence-electron chi connectivity index (χ3n) is 5.99. The van der Waals surface area contributed by atoms with Gasteiger partial charge in [-0.05, 0) is 41.7 Å². The van der Waals surface area contributed by atoms with Crippen molar-refractivity contribution < 1.29 is 13.6 Å². The van der Waals surface area contributed by atoms with Gasteiger partial charge in [-0.1, -0.05) is 61.5 Å². The highest BCUT2D eigenvalue weighted by Gasteiger charge is 2.25. The molecule has 1 aromatic heterocycles. The van der Waals surface area contributed by atoms with E-state index in [-0.39, 0.29) is 18.4 Å². The van der Waals surface area contributed by atoms with E-state index in [1.807, 2.05) is 61.7 Å². The van der Waals surface area contributed by atoms with Gasteiger partial charge in [0.2, 0.25) is 5.91 Å². The van der Waals surface area contributed by atoms with Gasteiger partial charge >= 0.3 is 0 Å². The van der Waals surface area contributed by atoms with Crippen molar-refractivity contribution in [2.75, 3.05) is 0 Å². The standard InChI is InChI=1S/C27H26F2N2O/c1-3-18-10-7-11-22-24(16-30-27(18)22)23(21-13-12-20(28)14-25(21)29)15-26(32)31-17(2)19-8-5-4-6-9-19/h4-14,16-17,23,30H,3,15H2,1-2H3,(H,31,32). The molecule has 32 heavy (non-hydrogen) atoms. The molecule has 0 saturated carbocycles. The highest BCUT2D eigenvalue weighted by atomic mass is 19.1. The molecule has 4 rings (SSSR count). The lowest BCUT2D eigenvalue weighted by Crippen LogP contribution is -2.28. The topological polar surface area (TPSA) is 44.9 Å². The molecule has 0 aliphatic rings. The fourth-order valence-corrected chi connectivity index (χ4v) is 4.30. The Balaban J connectivity index is 1.70. The van der Waals surface area contributed by atoms with Crippen LogP contribution in [-0.4, -0.2) is 10.9 Å². The second-order valence-corrected chi connectivity index (χ2v) is 8.06. The number of aryl methyl sites for hydroxylation is 1. The lowest BCUT2D eigenvalue weighted by Gasteiger charge is -2.20. The molecule has 3 aromatic carbocycles. The molecule has 2 unspecified atom stereocenters. The largest absolute Gasteiger partial charge is 0.361 e. The van der Waals surface area contributed by atoms with Gasteiger partial charge in [-0.3, -0.25) is 4.79 Å². The molecule has 2 atom stereocenters. The smallest absolute Gasteiger partial charge is 0.221 e. The summed E-state index contributed by atoms with van der Waals surface area (Å²) in [6, 6.07) is 19.0. The number of aromatic amines is 1. The summed E-state index contributed by atoms with van der Waals surface area (Å²) >= 11 is 0. The van der Waals surface area contributed by atoms with E-state index in [4.69, 9.17) is 0 Å². The molecule has 0 aliphatic carbocycles. The Kier molecular flexibility index (Phi) is 6.35. The van der Waals surface area contributed by atoms with Crippen LogP contribution in [0.5, 0.6) is 0 Å². The molecule has 164 valence electrons. The highest BCUT2D eigenvalue weighted by molar-refractivity contribution is 5.88. The summed E-state index contributed by atoms with van der Waals surface area (Å²) in [5.74, 6) is -2.05. The fourth-order valence-electron chi connectivity index (χ4n) is 4.30. The molecule has 0 spiro atoms. The number of hydrogen-bond acceptors (Lipinski definition) is 1. The van der Waals surface area contributed by atoms with Crippen LogP contribution in [-0.2, 0) is 11.2 Å². The maximum atomic E-state index is 14.8. The molecule has 2 N–H and O–H groups in total. The number of fused-ring (bicyclic) bond motifs is 1. The van der Waals surface area contributed by atoms with Gasteiger partial charge in [0.25, 0.3) is 0 Å². The molecule has 1 amide bonds. The number of halogens is 2.